The van der Waals surface area contributed by atoms with Gasteiger partial charge in [-0.15, -0.1) is 0 Å². The lowest BCUT2D eigenvalue weighted by atomic mass is 10.4. The molecule has 0 aliphatic heterocycles. The van der Waals surface area contributed by atoms with Crippen LogP contribution in [0.1, 0.15) is 0 Å². The van der Waals surface area contributed by atoms with Crippen molar-refractivity contribution in [1.82, 2.24) is 0 Å². The van der Waals surface area contributed by atoms with Crippen molar-refractivity contribution in [1.29, 1.82) is 0 Å². The number of alkyl halides is 3. The Kier molecular flexibility index (Phi) is 3.16. The fourth-order valence-electron chi connectivity index (χ4n) is 1.50. The van der Waals surface area contributed by atoms with Crippen molar-refractivity contribution in [3.8, 4) is 0 Å². The summed E-state index contributed by atoms with van der Waals surface area (Å²) in [6, 6.07) is 8.06. The number of rotatable bonds is 3. The molecule has 0 amide bonds. The molecule has 0 spiro atoms. The summed E-state index contributed by atoms with van der Waals surface area (Å²) >= 11 is 0. The highest BCUT2D eigenvalue weighted by Gasteiger charge is 2.57. The van der Waals surface area contributed by atoms with Crippen LogP contribution in [0.25, 0.3) is 0 Å². The normalized spacial score (nSPS) is 17.6. The SMILES string of the molecule is CS(C)(C)(C)(OS(=O)(=O)C(F)(F)F)c1ccccc1. The first-order chi connectivity index (χ1) is 8.08. The molecule has 3 nitrogen and oxygen atoms in total. The molecule has 0 aromatic heterocycles. The van der Waals surface area contributed by atoms with Gasteiger partial charge in [0.1, 0.15) is 0 Å². The first kappa shape index (κ1) is 16.3. The third-order valence-electron chi connectivity index (χ3n) is 2.46. The predicted octanol–water partition coefficient (Wildman–Crippen LogP) is 3.22. The monoisotopic (exact) mass is 318 g/mol. The minimum absolute atomic E-state index is 0.426. The molecule has 0 bridgehead atoms. The van der Waals surface area contributed by atoms with Gasteiger partial charge in [0, 0.05) is 0 Å². The van der Waals surface area contributed by atoms with Crippen LogP contribution in [0.5, 0.6) is 0 Å². The molecule has 1 aromatic carbocycles. The minimum Gasteiger partial charge on any atom is -0.226 e. The maximum absolute atomic E-state index is 12.5. The van der Waals surface area contributed by atoms with Crippen LogP contribution >= 0.6 is 8.58 Å². The van der Waals surface area contributed by atoms with Crippen molar-refractivity contribution in [2.75, 3.05) is 25.0 Å². The van der Waals surface area contributed by atoms with Crippen LogP contribution in [0.3, 0.4) is 0 Å². The Morgan fingerprint density at radius 1 is 1.00 bits per heavy atom. The van der Waals surface area contributed by atoms with Crippen molar-refractivity contribution in [3.05, 3.63) is 30.3 Å². The van der Waals surface area contributed by atoms with E-state index in [0.29, 0.717) is 4.90 Å². The van der Waals surface area contributed by atoms with Crippen LogP contribution in [-0.4, -0.2) is 38.9 Å². The first-order valence-electron chi connectivity index (χ1n) is 5.19. The molecular formula is C11H17F3O3S2. The molecule has 0 radical (unpaired) electrons. The van der Waals surface area contributed by atoms with Gasteiger partial charge in [-0.25, -0.2) is 3.63 Å². The second-order valence-electron chi connectivity index (χ2n) is 6.30. The third kappa shape index (κ3) is 3.43. The van der Waals surface area contributed by atoms with Gasteiger partial charge in [-0.1, -0.05) is 18.2 Å². The summed E-state index contributed by atoms with van der Waals surface area (Å²) in [7, 11) is -9.73. The van der Waals surface area contributed by atoms with Crippen LogP contribution in [-0.2, 0) is 13.7 Å². The lowest BCUT2D eigenvalue weighted by Gasteiger charge is -2.67. The van der Waals surface area contributed by atoms with Crippen molar-refractivity contribution in [2.45, 2.75) is 10.4 Å². The van der Waals surface area contributed by atoms with Crippen molar-refractivity contribution in [3.63, 3.8) is 0 Å². The van der Waals surface area contributed by atoms with Crippen molar-refractivity contribution >= 4 is 18.7 Å². The van der Waals surface area contributed by atoms with Gasteiger partial charge in [0.05, 0.1) is 0 Å². The van der Waals surface area contributed by atoms with E-state index in [4.69, 9.17) is 3.63 Å². The van der Waals surface area contributed by atoms with E-state index in [1.807, 2.05) is 0 Å². The zero-order valence-electron chi connectivity index (χ0n) is 11.1. The molecule has 0 fully saturated rings. The zero-order chi connectivity index (χ0) is 15.2. The Labute approximate surface area is 110 Å². The van der Waals surface area contributed by atoms with Gasteiger partial charge in [-0.2, -0.15) is 30.2 Å². The summed E-state index contributed by atoms with van der Waals surface area (Å²) in [6.45, 7) is 0. The fourth-order valence-corrected chi connectivity index (χ4v) is 6.71. The molecule has 1 rings (SSSR count). The Bertz CT molecular complexity index is 582. The van der Waals surface area contributed by atoms with E-state index in [1.165, 1.54) is 25.0 Å². The fraction of sp³-hybridized carbons (Fsp3) is 0.455. The van der Waals surface area contributed by atoms with Crippen LogP contribution < -0.4 is 0 Å². The topological polar surface area (TPSA) is 43.4 Å². The third-order valence-corrected chi connectivity index (χ3v) is 8.54. The molecule has 1 aromatic rings. The van der Waals surface area contributed by atoms with Gasteiger partial charge < -0.3 is 0 Å². The summed E-state index contributed by atoms with van der Waals surface area (Å²) in [5, 5.41) is 0. The van der Waals surface area contributed by atoms with E-state index in [2.05, 4.69) is 0 Å². The number of hydrogen-bond donors (Lipinski definition) is 0. The maximum atomic E-state index is 12.5. The summed E-state index contributed by atoms with van der Waals surface area (Å²) < 4.78 is 65.0. The van der Waals surface area contributed by atoms with E-state index >= 15 is 0 Å². The molecule has 0 atom stereocenters. The molecule has 0 saturated carbocycles. The smallest absolute Gasteiger partial charge is 0.226 e. The quantitative estimate of drug-likeness (QED) is 0.804. The van der Waals surface area contributed by atoms with Crippen molar-refractivity contribution in [2.24, 2.45) is 0 Å². The summed E-state index contributed by atoms with van der Waals surface area (Å²) in [4.78, 5) is 0.426. The van der Waals surface area contributed by atoms with Crippen LogP contribution in [0.2, 0.25) is 0 Å². The number of benzene rings is 1. The molecule has 0 N–H and O–H groups in total. The Hall–Kier alpha value is -0.730. The predicted molar refractivity (Wildman–Crippen MR) is 72.1 cm³/mol. The van der Waals surface area contributed by atoms with Gasteiger partial charge in [-0.3, -0.25) is 0 Å². The Morgan fingerprint density at radius 2 is 1.42 bits per heavy atom. The van der Waals surface area contributed by atoms with Crippen LogP contribution in [0.15, 0.2) is 35.2 Å². The van der Waals surface area contributed by atoms with E-state index in [0.717, 1.165) is 0 Å². The molecule has 112 valence electrons. The summed E-state index contributed by atoms with van der Waals surface area (Å²) in [6.07, 6.45) is 5.66. The maximum Gasteiger partial charge on any atom is 0.523 e. The molecule has 0 heterocycles. The van der Waals surface area contributed by atoms with E-state index in [9.17, 15) is 21.6 Å². The molecule has 0 unspecified atom stereocenters. The van der Waals surface area contributed by atoms with E-state index in [-0.39, 0.29) is 0 Å². The molecular weight excluding hydrogens is 301 g/mol. The molecule has 0 aliphatic carbocycles. The second kappa shape index (κ2) is 3.67. The van der Waals surface area contributed by atoms with Crippen LogP contribution in [0.4, 0.5) is 13.2 Å². The van der Waals surface area contributed by atoms with E-state index < -0.39 is 24.2 Å². The number of halogens is 3. The average molecular weight is 318 g/mol. The van der Waals surface area contributed by atoms with Gasteiger partial charge in [0.2, 0.25) is 0 Å². The lowest BCUT2D eigenvalue weighted by Crippen LogP contribution is -2.40. The summed E-state index contributed by atoms with van der Waals surface area (Å²) in [5.41, 5.74) is -5.44. The molecule has 0 saturated heterocycles. The lowest BCUT2D eigenvalue weighted by molar-refractivity contribution is -0.0498. The Balaban J connectivity index is 3.46. The highest BCUT2D eigenvalue weighted by molar-refractivity contribution is 8.61. The standard InChI is InChI=1S/C11H17F3O3S2/c1-19(2,3,4,10-8-6-5-7-9-10)17-18(15,16)11(12,13)14/h5-9H,1-4H3. The van der Waals surface area contributed by atoms with Gasteiger partial charge in [0.25, 0.3) is 0 Å². The van der Waals surface area contributed by atoms with Crippen molar-refractivity contribution < 1.29 is 25.2 Å². The Morgan fingerprint density at radius 3 is 1.79 bits per heavy atom. The zero-order valence-corrected chi connectivity index (χ0v) is 12.7. The van der Waals surface area contributed by atoms with Gasteiger partial charge >= 0.3 is 15.6 Å². The number of hydrogen-bond acceptors (Lipinski definition) is 3. The van der Waals surface area contributed by atoms with Gasteiger partial charge in [0.15, 0.2) is 0 Å². The second-order valence-corrected chi connectivity index (χ2v) is 16.7. The highest BCUT2D eigenvalue weighted by Crippen LogP contribution is 2.85. The largest absolute Gasteiger partial charge is 0.523 e. The minimum atomic E-state index is -5.67. The average Bonchev–Trinajstić information content (AvgIpc) is 2.13. The van der Waals surface area contributed by atoms with E-state index in [1.54, 1.807) is 30.3 Å². The molecule has 19 heavy (non-hydrogen) atoms. The first-order valence-corrected chi connectivity index (χ1v) is 10.6. The highest BCUT2D eigenvalue weighted by atomic mass is 32.4. The summed E-state index contributed by atoms with van der Waals surface area (Å²) in [5.74, 6) is 0. The van der Waals surface area contributed by atoms with Gasteiger partial charge in [-0.05, 0) is 42.1 Å². The molecule has 0 aliphatic rings. The molecule has 8 heteroatoms. The van der Waals surface area contributed by atoms with Crippen LogP contribution in [0, 0.1) is 0 Å².